The number of anilines is 2. The molecule has 0 atom stereocenters. The van der Waals surface area contributed by atoms with Gasteiger partial charge >= 0.3 is 0 Å². The monoisotopic (exact) mass is 405 g/mol. The quantitative estimate of drug-likeness (QED) is 0.551. The lowest BCUT2D eigenvalue weighted by atomic mass is 10.3. The third-order valence-corrected chi connectivity index (χ3v) is 4.89. The highest BCUT2D eigenvalue weighted by atomic mass is 32.1. The standard InChI is InChI=1S/C16H15N5O4S2/c1-17-12(22)5-9-7-26-15(18-9)20-13(23)6-10-8-27-16(19-10)21-14(24)11-3-2-4-25-11/h2-4,7-8H,5-6H2,1H3,(H,17,22)(H,18,20,23)(H,19,21,24). The second kappa shape index (κ2) is 8.56. The van der Waals surface area contributed by atoms with Crippen LogP contribution in [0.25, 0.3) is 0 Å². The van der Waals surface area contributed by atoms with Crippen molar-refractivity contribution < 1.29 is 18.8 Å². The molecule has 3 aromatic heterocycles. The van der Waals surface area contributed by atoms with Gasteiger partial charge in [0.25, 0.3) is 5.91 Å². The van der Waals surface area contributed by atoms with E-state index in [0.717, 1.165) is 0 Å². The number of rotatable bonds is 7. The fourth-order valence-electron chi connectivity index (χ4n) is 2.04. The second-order valence-corrected chi connectivity index (χ2v) is 7.01. The summed E-state index contributed by atoms with van der Waals surface area (Å²) in [6.07, 6.45) is 1.61. The number of likely N-dealkylation sites (N-methyl/N-ethyl adjacent to an activating group) is 1. The van der Waals surface area contributed by atoms with Crippen molar-refractivity contribution in [1.29, 1.82) is 0 Å². The number of carbonyl (C=O) groups excluding carboxylic acids is 3. The van der Waals surface area contributed by atoms with Crippen molar-refractivity contribution in [2.75, 3.05) is 17.7 Å². The molecule has 3 amide bonds. The largest absolute Gasteiger partial charge is 0.459 e. The lowest BCUT2D eigenvalue weighted by Gasteiger charge is -2.00. The fourth-order valence-corrected chi connectivity index (χ4v) is 3.47. The SMILES string of the molecule is CNC(=O)Cc1csc(NC(=O)Cc2csc(NC(=O)c3ccco3)n2)n1. The van der Waals surface area contributed by atoms with Crippen molar-refractivity contribution >= 4 is 50.7 Å². The number of hydrogen-bond acceptors (Lipinski definition) is 8. The van der Waals surface area contributed by atoms with E-state index in [2.05, 4.69) is 25.9 Å². The van der Waals surface area contributed by atoms with Gasteiger partial charge in [-0.25, -0.2) is 9.97 Å². The van der Waals surface area contributed by atoms with Crippen LogP contribution in [0.1, 0.15) is 21.9 Å². The second-order valence-electron chi connectivity index (χ2n) is 5.29. The molecule has 0 aliphatic heterocycles. The van der Waals surface area contributed by atoms with Crippen molar-refractivity contribution in [2.24, 2.45) is 0 Å². The Hall–Kier alpha value is -3.05. The molecular formula is C16H15N5O4S2. The molecule has 9 nitrogen and oxygen atoms in total. The molecule has 3 aromatic rings. The number of carbonyl (C=O) groups is 3. The van der Waals surface area contributed by atoms with Crippen molar-refractivity contribution in [2.45, 2.75) is 12.8 Å². The van der Waals surface area contributed by atoms with Crippen molar-refractivity contribution in [3.63, 3.8) is 0 Å². The van der Waals surface area contributed by atoms with Crippen molar-refractivity contribution in [3.8, 4) is 0 Å². The van der Waals surface area contributed by atoms with E-state index >= 15 is 0 Å². The van der Waals surface area contributed by atoms with Crippen LogP contribution >= 0.6 is 22.7 Å². The number of amides is 3. The molecule has 0 saturated heterocycles. The van der Waals surface area contributed by atoms with Crippen LogP contribution in [0, 0.1) is 0 Å². The molecule has 0 fully saturated rings. The molecule has 27 heavy (non-hydrogen) atoms. The predicted molar refractivity (Wildman–Crippen MR) is 101 cm³/mol. The van der Waals surface area contributed by atoms with E-state index in [4.69, 9.17) is 4.42 Å². The molecular weight excluding hydrogens is 390 g/mol. The minimum atomic E-state index is -0.406. The first-order valence-corrected chi connectivity index (χ1v) is 9.53. The zero-order chi connectivity index (χ0) is 19.2. The minimum absolute atomic E-state index is 0.0392. The third kappa shape index (κ3) is 5.21. The Balaban J connectivity index is 1.52. The molecule has 0 spiro atoms. The predicted octanol–water partition coefficient (Wildman–Crippen LogP) is 1.91. The van der Waals surface area contributed by atoms with Gasteiger partial charge in [0.15, 0.2) is 16.0 Å². The molecule has 11 heteroatoms. The fraction of sp³-hybridized carbons (Fsp3) is 0.188. The van der Waals surface area contributed by atoms with Gasteiger partial charge in [-0.2, -0.15) is 0 Å². The summed E-state index contributed by atoms with van der Waals surface area (Å²) < 4.78 is 5.01. The van der Waals surface area contributed by atoms with E-state index in [9.17, 15) is 14.4 Å². The zero-order valence-corrected chi connectivity index (χ0v) is 15.8. The average Bonchev–Trinajstić information content (AvgIpc) is 3.37. The molecule has 3 rings (SSSR count). The molecule has 140 valence electrons. The highest BCUT2D eigenvalue weighted by Crippen LogP contribution is 2.19. The first kappa shape index (κ1) is 18.7. The Morgan fingerprint density at radius 3 is 2.22 bits per heavy atom. The number of thiazole rings is 2. The Bertz CT molecular complexity index is 948. The molecule has 0 aliphatic rings. The van der Waals surface area contributed by atoms with Crippen LogP contribution in [0.15, 0.2) is 33.6 Å². The smallest absolute Gasteiger partial charge is 0.293 e. The highest BCUT2D eigenvalue weighted by molar-refractivity contribution is 7.14. The lowest BCUT2D eigenvalue weighted by Crippen LogP contribution is -2.20. The van der Waals surface area contributed by atoms with Crippen LogP contribution in [-0.4, -0.2) is 34.7 Å². The maximum absolute atomic E-state index is 12.1. The summed E-state index contributed by atoms with van der Waals surface area (Å²) in [5.41, 5.74) is 1.11. The van der Waals surface area contributed by atoms with Crippen LogP contribution in [0.2, 0.25) is 0 Å². The van der Waals surface area contributed by atoms with Gasteiger partial charge in [-0.15, -0.1) is 22.7 Å². The zero-order valence-electron chi connectivity index (χ0n) is 14.1. The number of nitrogens with zero attached hydrogens (tertiary/aromatic N) is 2. The Morgan fingerprint density at radius 1 is 1.00 bits per heavy atom. The molecule has 0 aliphatic carbocycles. The third-order valence-electron chi connectivity index (χ3n) is 3.28. The maximum atomic E-state index is 12.1. The first-order valence-electron chi connectivity index (χ1n) is 7.77. The van der Waals surface area contributed by atoms with E-state index in [0.29, 0.717) is 21.7 Å². The van der Waals surface area contributed by atoms with E-state index in [-0.39, 0.29) is 30.4 Å². The average molecular weight is 405 g/mol. The van der Waals surface area contributed by atoms with Gasteiger partial charge in [0.2, 0.25) is 11.8 Å². The lowest BCUT2D eigenvalue weighted by molar-refractivity contribution is -0.120. The summed E-state index contributed by atoms with van der Waals surface area (Å²) >= 11 is 2.46. The van der Waals surface area contributed by atoms with Crippen LogP contribution in [0.4, 0.5) is 10.3 Å². The molecule has 3 N–H and O–H groups in total. The van der Waals surface area contributed by atoms with Gasteiger partial charge < -0.3 is 15.1 Å². The minimum Gasteiger partial charge on any atom is -0.459 e. The molecule has 3 heterocycles. The molecule has 0 bridgehead atoms. The van der Waals surface area contributed by atoms with Crippen LogP contribution < -0.4 is 16.0 Å². The number of aromatic nitrogens is 2. The van der Waals surface area contributed by atoms with Crippen molar-refractivity contribution in [1.82, 2.24) is 15.3 Å². The van der Waals surface area contributed by atoms with Gasteiger partial charge in [0.1, 0.15) is 0 Å². The van der Waals surface area contributed by atoms with Gasteiger partial charge in [0, 0.05) is 17.8 Å². The number of furan rings is 1. The summed E-state index contributed by atoms with van der Waals surface area (Å²) in [4.78, 5) is 43.8. The van der Waals surface area contributed by atoms with Crippen LogP contribution in [-0.2, 0) is 22.4 Å². The van der Waals surface area contributed by atoms with Crippen LogP contribution in [0.3, 0.4) is 0 Å². The van der Waals surface area contributed by atoms with E-state index in [1.807, 2.05) is 0 Å². The molecule has 0 radical (unpaired) electrons. The Kier molecular flexibility index (Phi) is 5.94. The van der Waals surface area contributed by atoms with E-state index < -0.39 is 5.91 Å². The highest BCUT2D eigenvalue weighted by Gasteiger charge is 2.14. The number of hydrogen-bond donors (Lipinski definition) is 3. The van der Waals surface area contributed by atoms with Gasteiger partial charge in [-0.05, 0) is 12.1 Å². The Labute approximate surface area is 161 Å². The number of nitrogens with one attached hydrogen (secondary N) is 3. The summed E-state index contributed by atoms with van der Waals surface area (Å²) in [6, 6.07) is 3.16. The molecule has 0 saturated carbocycles. The van der Waals surface area contributed by atoms with E-state index in [1.54, 1.807) is 29.9 Å². The summed E-state index contributed by atoms with van der Waals surface area (Å²) in [5, 5.41) is 12.0. The normalized spacial score (nSPS) is 10.4. The maximum Gasteiger partial charge on any atom is 0.293 e. The topological polar surface area (TPSA) is 126 Å². The Morgan fingerprint density at radius 2 is 1.63 bits per heavy atom. The van der Waals surface area contributed by atoms with E-state index in [1.165, 1.54) is 28.9 Å². The molecule has 0 aromatic carbocycles. The van der Waals surface area contributed by atoms with Gasteiger partial charge in [-0.1, -0.05) is 0 Å². The first-order chi connectivity index (χ1) is 13.0. The van der Waals surface area contributed by atoms with Crippen molar-refractivity contribution in [3.05, 3.63) is 46.3 Å². The summed E-state index contributed by atoms with van der Waals surface area (Å²) in [7, 11) is 1.55. The summed E-state index contributed by atoms with van der Waals surface area (Å²) in [5.74, 6) is -0.660. The van der Waals surface area contributed by atoms with Gasteiger partial charge in [0.05, 0.1) is 30.5 Å². The summed E-state index contributed by atoms with van der Waals surface area (Å²) in [6.45, 7) is 0. The van der Waals surface area contributed by atoms with Gasteiger partial charge in [-0.3, -0.25) is 19.7 Å². The van der Waals surface area contributed by atoms with Crippen LogP contribution in [0.5, 0.6) is 0 Å². The molecule has 0 unspecified atom stereocenters.